The molecule has 0 aromatic heterocycles. The lowest BCUT2D eigenvalue weighted by Crippen LogP contribution is -2.26. The van der Waals surface area contributed by atoms with Gasteiger partial charge < -0.3 is 4.90 Å². The van der Waals surface area contributed by atoms with E-state index in [1.54, 1.807) is 19.1 Å². The average molecular weight is 412 g/mol. The molecule has 0 heterocycles. The lowest BCUT2D eigenvalue weighted by Gasteiger charge is -2.19. The molecule has 0 aliphatic heterocycles. The minimum Gasteiger partial charge on any atom is -0.337 e. The largest absolute Gasteiger partial charge is 0.337 e. The maximum Gasteiger partial charge on any atom is 0.269 e. The summed E-state index contributed by atoms with van der Waals surface area (Å²) in [4.78, 5) is 24.4. The number of rotatable bonds is 6. The van der Waals surface area contributed by atoms with Gasteiger partial charge in [0, 0.05) is 36.3 Å². The van der Waals surface area contributed by atoms with Gasteiger partial charge in [0.05, 0.1) is 16.9 Å². The summed E-state index contributed by atoms with van der Waals surface area (Å²) in [6.07, 6.45) is 1.03. The van der Waals surface area contributed by atoms with E-state index >= 15 is 0 Å². The van der Waals surface area contributed by atoms with Crippen LogP contribution in [0.5, 0.6) is 0 Å². The molecule has 0 bridgehead atoms. The predicted molar refractivity (Wildman–Crippen MR) is 104 cm³/mol. The normalized spacial score (nSPS) is 11.1. The van der Waals surface area contributed by atoms with Crippen molar-refractivity contribution in [3.63, 3.8) is 0 Å². The second-order valence-corrected chi connectivity index (χ2v) is 8.25. The third kappa shape index (κ3) is 5.41. The molecule has 27 heavy (non-hydrogen) atoms. The summed E-state index contributed by atoms with van der Waals surface area (Å²) in [5.41, 5.74) is 1.57. The first-order valence-electron chi connectivity index (χ1n) is 7.74. The Balaban J connectivity index is 2.27. The zero-order chi connectivity index (χ0) is 20.4. The van der Waals surface area contributed by atoms with Gasteiger partial charge in [-0.15, -0.1) is 0 Å². The van der Waals surface area contributed by atoms with Gasteiger partial charge >= 0.3 is 0 Å². The molecule has 0 radical (unpaired) electrons. The average Bonchev–Trinajstić information content (AvgIpc) is 2.56. The highest BCUT2D eigenvalue weighted by Crippen LogP contribution is 2.24. The summed E-state index contributed by atoms with van der Waals surface area (Å²) in [6, 6.07) is 8.68. The number of nitro benzene ring substituents is 1. The number of nitrogens with zero attached hydrogens (tertiary/aromatic N) is 2. The van der Waals surface area contributed by atoms with Crippen molar-refractivity contribution >= 4 is 38.9 Å². The van der Waals surface area contributed by atoms with Gasteiger partial charge in [0.2, 0.25) is 10.0 Å². The number of benzene rings is 2. The Hall–Kier alpha value is -2.65. The number of carbonyl (C=O) groups excluding carboxylic acids is 1. The summed E-state index contributed by atoms with van der Waals surface area (Å²) >= 11 is 6.08. The minimum absolute atomic E-state index is 0.0576. The molecule has 0 atom stereocenters. The van der Waals surface area contributed by atoms with Crippen molar-refractivity contribution in [1.82, 2.24) is 4.90 Å². The number of carbonyl (C=O) groups is 1. The van der Waals surface area contributed by atoms with Crippen molar-refractivity contribution < 1.29 is 18.1 Å². The number of non-ortho nitro benzene ring substituents is 1. The van der Waals surface area contributed by atoms with Crippen LogP contribution in [-0.2, 0) is 16.6 Å². The van der Waals surface area contributed by atoms with Crippen LogP contribution in [-0.4, -0.2) is 37.5 Å². The zero-order valence-electron chi connectivity index (χ0n) is 14.9. The lowest BCUT2D eigenvalue weighted by atomic mass is 10.1. The Morgan fingerprint density at radius 2 is 1.93 bits per heavy atom. The second-order valence-electron chi connectivity index (χ2n) is 6.10. The predicted octanol–water partition coefficient (Wildman–Crippen LogP) is 3.20. The molecule has 144 valence electrons. The van der Waals surface area contributed by atoms with Crippen molar-refractivity contribution in [3.8, 4) is 0 Å². The van der Waals surface area contributed by atoms with E-state index in [4.69, 9.17) is 11.6 Å². The molecule has 0 spiro atoms. The second kappa shape index (κ2) is 7.93. The quantitative estimate of drug-likeness (QED) is 0.579. The van der Waals surface area contributed by atoms with Gasteiger partial charge in [0.25, 0.3) is 11.6 Å². The molecule has 2 aromatic rings. The fraction of sp³-hybridized carbons (Fsp3) is 0.235. The van der Waals surface area contributed by atoms with Crippen LogP contribution in [0, 0.1) is 17.0 Å². The molecular formula is C17H18ClN3O5S. The fourth-order valence-corrected chi connectivity index (χ4v) is 3.21. The molecule has 0 aliphatic carbocycles. The first-order valence-corrected chi connectivity index (χ1v) is 10.0. The maximum absolute atomic E-state index is 12.7. The van der Waals surface area contributed by atoms with E-state index < -0.39 is 14.9 Å². The molecule has 10 heteroatoms. The molecule has 0 saturated carbocycles. The Labute approximate surface area is 162 Å². The molecule has 1 amide bonds. The first kappa shape index (κ1) is 20.7. The van der Waals surface area contributed by atoms with Crippen LogP contribution in [0.2, 0.25) is 5.02 Å². The Kier molecular flexibility index (Phi) is 6.07. The molecular weight excluding hydrogens is 394 g/mol. The van der Waals surface area contributed by atoms with Gasteiger partial charge in [-0.3, -0.25) is 19.6 Å². The maximum atomic E-state index is 12.7. The topological polar surface area (TPSA) is 110 Å². The summed E-state index contributed by atoms with van der Waals surface area (Å²) in [7, 11) is -1.96. The highest BCUT2D eigenvalue weighted by Gasteiger charge is 2.17. The third-order valence-electron chi connectivity index (χ3n) is 3.77. The number of sulfonamides is 1. The number of hydrogen-bond donors (Lipinski definition) is 1. The minimum atomic E-state index is -3.49. The molecule has 0 aliphatic rings. The van der Waals surface area contributed by atoms with Gasteiger partial charge in [-0.25, -0.2) is 8.42 Å². The molecule has 2 aromatic carbocycles. The van der Waals surface area contributed by atoms with Crippen LogP contribution in [0.15, 0.2) is 36.4 Å². The molecule has 2 rings (SSSR count). The molecule has 1 N–H and O–H groups in total. The van der Waals surface area contributed by atoms with Crippen molar-refractivity contribution in [3.05, 3.63) is 68.2 Å². The number of amides is 1. The summed E-state index contributed by atoms with van der Waals surface area (Å²) in [5.74, 6) is -0.380. The highest BCUT2D eigenvalue weighted by atomic mass is 35.5. The number of nitro groups is 1. The van der Waals surface area contributed by atoms with Crippen molar-refractivity contribution in [2.75, 3.05) is 18.0 Å². The van der Waals surface area contributed by atoms with Gasteiger partial charge in [-0.1, -0.05) is 17.7 Å². The monoisotopic (exact) mass is 411 g/mol. The zero-order valence-corrected chi connectivity index (χ0v) is 16.5. The van der Waals surface area contributed by atoms with E-state index in [0.29, 0.717) is 21.8 Å². The third-order valence-corrected chi connectivity index (χ3v) is 4.73. The van der Waals surface area contributed by atoms with Crippen LogP contribution < -0.4 is 4.72 Å². The van der Waals surface area contributed by atoms with Crippen LogP contribution in [0.25, 0.3) is 0 Å². The van der Waals surface area contributed by atoms with E-state index in [9.17, 15) is 23.3 Å². The SMILES string of the molecule is Cc1ccc(C(=O)N(C)Cc2cc([N+](=O)[O-])ccc2Cl)cc1NS(C)(=O)=O. The summed E-state index contributed by atoms with van der Waals surface area (Å²) in [5, 5.41) is 11.2. The molecule has 0 unspecified atom stereocenters. The van der Waals surface area contributed by atoms with Gasteiger partial charge in [-0.2, -0.15) is 0 Å². The number of anilines is 1. The highest BCUT2D eigenvalue weighted by molar-refractivity contribution is 7.92. The van der Waals surface area contributed by atoms with Crippen molar-refractivity contribution in [2.24, 2.45) is 0 Å². The van der Waals surface area contributed by atoms with E-state index in [0.717, 1.165) is 6.26 Å². The van der Waals surface area contributed by atoms with Crippen molar-refractivity contribution in [2.45, 2.75) is 13.5 Å². The van der Waals surface area contributed by atoms with E-state index in [2.05, 4.69) is 4.72 Å². The first-order chi connectivity index (χ1) is 12.5. The van der Waals surface area contributed by atoms with Gasteiger partial charge in [0.15, 0.2) is 0 Å². The van der Waals surface area contributed by atoms with Crippen LogP contribution in [0.3, 0.4) is 0 Å². The number of halogens is 1. The Bertz CT molecular complexity index is 1010. The van der Waals surface area contributed by atoms with Crippen LogP contribution in [0.1, 0.15) is 21.5 Å². The Morgan fingerprint density at radius 3 is 2.52 bits per heavy atom. The number of aryl methyl sites for hydroxylation is 1. The van der Waals surface area contributed by atoms with Crippen LogP contribution in [0.4, 0.5) is 11.4 Å². The Morgan fingerprint density at radius 1 is 1.26 bits per heavy atom. The molecule has 0 saturated heterocycles. The van der Waals surface area contributed by atoms with Gasteiger partial charge in [0.1, 0.15) is 0 Å². The standard InChI is InChI=1S/C17H18ClN3O5S/c1-11-4-5-12(9-16(11)19-27(3,25)26)17(22)20(2)10-13-8-14(21(23)24)6-7-15(13)18/h4-9,19H,10H2,1-3H3. The number of hydrogen-bond acceptors (Lipinski definition) is 5. The molecule has 0 fully saturated rings. The fourth-order valence-electron chi connectivity index (χ4n) is 2.41. The van der Waals surface area contributed by atoms with Gasteiger partial charge in [-0.05, 0) is 36.2 Å². The van der Waals surface area contributed by atoms with E-state index in [1.807, 2.05) is 0 Å². The van der Waals surface area contributed by atoms with Crippen LogP contribution >= 0.6 is 11.6 Å². The van der Waals surface area contributed by atoms with E-state index in [1.165, 1.54) is 36.2 Å². The molecule has 8 nitrogen and oxygen atoms in total. The lowest BCUT2D eigenvalue weighted by molar-refractivity contribution is -0.384. The van der Waals surface area contributed by atoms with Crippen molar-refractivity contribution in [1.29, 1.82) is 0 Å². The smallest absolute Gasteiger partial charge is 0.269 e. The summed E-state index contributed by atoms with van der Waals surface area (Å²) in [6.45, 7) is 1.77. The summed E-state index contributed by atoms with van der Waals surface area (Å²) < 4.78 is 25.3. The number of nitrogens with one attached hydrogen (secondary N) is 1. The van der Waals surface area contributed by atoms with E-state index in [-0.39, 0.29) is 23.7 Å².